The Kier molecular flexibility index (Phi) is 7.68. The van der Waals surface area contributed by atoms with Gasteiger partial charge in [0.05, 0.1) is 13.5 Å². The largest absolute Gasteiger partial charge is 0.481 e. The molecular formula is C24H22ClNO6. The molecule has 7 nitrogen and oxygen atoms in total. The maximum Gasteiger partial charge on any atom is 0.313 e. The van der Waals surface area contributed by atoms with Crippen LogP contribution in [0.4, 0.5) is 0 Å². The highest BCUT2D eigenvalue weighted by atomic mass is 35.5. The number of aliphatic carboxylic acids is 1. The van der Waals surface area contributed by atoms with Crippen molar-refractivity contribution in [3.05, 3.63) is 82.8 Å². The molecule has 1 amide bonds. The second kappa shape index (κ2) is 10.6. The molecule has 2 N–H and O–H groups in total. The zero-order valence-corrected chi connectivity index (χ0v) is 18.1. The number of carbonyl (C=O) groups is 3. The Morgan fingerprint density at radius 1 is 1.06 bits per heavy atom. The van der Waals surface area contributed by atoms with Gasteiger partial charge < -0.3 is 19.6 Å². The average molecular weight is 456 g/mol. The first-order chi connectivity index (χ1) is 15.3. The molecule has 0 aliphatic heterocycles. The molecule has 166 valence electrons. The van der Waals surface area contributed by atoms with E-state index in [2.05, 4.69) is 10.1 Å². The normalized spacial score (nSPS) is 11.6. The number of esters is 1. The van der Waals surface area contributed by atoms with Crippen LogP contribution in [-0.2, 0) is 27.2 Å². The van der Waals surface area contributed by atoms with Crippen LogP contribution in [0.15, 0.2) is 65.1 Å². The number of hydrogen-bond donors (Lipinski definition) is 2. The SMILES string of the molecule is COC(=O)Cc1ccc(C(=O)N[C@@H](CC(=O)O)Cc2ccc(-c3cccc(Cl)c3)cc2)o1. The Morgan fingerprint density at radius 3 is 2.47 bits per heavy atom. The molecule has 0 fully saturated rings. The van der Waals surface area contributed by atoms with E-state index in [0.29, 0.717) is 11.4 Å². The molecular weight excluding hydrogens is 434 g/mol. The first-order valence-corrected chi connectivity index (χ1v) is 10.2. The molecule has 1 atom stereocenters. The second-order valence-corrected chi connectivity index (χ2v) is 7.63. The fraction of sp³-hybridized carbons (Fsp3) is 0.208. The van der Waals surface area contributed by atoms with Gasteiger partial charge in [-0.3, -0.25) is 14.4 Å². The van der Waals surface area contributed by atoms with Gasteiger partial charge in [0.2, 0.25) is 0 Å². The van der Waals surface area contributed by atoms with Crippen molar-refractivity contribution in [1.29, 1.82) is 0 Å². The first-order valence-electron chi connectivity index (χ1n) is 9.87. The number of furan rings is 1. The number of amides is 1. The smallest absolute Gasteiger partial charge is 0.313 e. The zero-order chi connectivity index (χ0) is 23.1. The summed E-state index contributed by atoms with van der Waals surface area (Å²) in [7, 11) is 1.26. The quantitative estimate of drug-likeness (QED) is 0.470. The molecule has 3 rings (SSSR count). The van der Waals surface area contributed by atoms with Gasteiger partial charge in [-0.05, 0) is 47.4 Å². The topological polar surface area (TPSA) is 106 Å². The van der Waals surface area contributed by atoms with Gasteiger partial charge in [-0.1, -0.05) is 48.0 Å². The fourth-order valence-electron chi connectivity index (χ4n) is 3.24. The Morgan fingerprint density at radius 2 is 1.81 bits per heavy atom. The zero-order valence-electron chi connectivity index (χ0n) is 17.3. The van der Waals surface area contributed by atoms with Crippen LogP contribution in [0.5, 0.6) is 0 Å². The van der Waals surface area contributed by atoms with E-state index in [4.69, 9.17) is 16.0 Å². The number of halogens is 1. The molecule has 0 aliphatic carbocycles. The standard InChI is InChI=1S/C24H22ClNO6/c1-31-23(29)14-20-9-10-21(32-20)24(30)26-19(13-22(27)28)11-15-5-7-16(8-6-15)17-3-2-4-18(25)12-17/h2-10,12,19H,11,13-14H2,1H3,(H,26,30)(H,27,28)/t19-/m1/s1. The van der Waals surface area contributed by atoms with Gasteiger partial charge in [0.25, 0.3) is 5.91 Å². The van der Waals surface area contributed by atoms with Gasteiger partial charge in [-0.15, -0.1) is 0 Å². The van der Waals surface area contributed by atoms with E-state index in [1.54, 1.807) is 6.07 Å². The lowest BCUT2D eigenvalue weighted by molar-refractivity contribution is -0.140. The van der Waals surface area contributed by atoms with Crippen LogP contribution in [0.2, 0.25) is 5.02 Å². The van der Waals surface area contributed by atoms with Crippen LogP contribution in [0.1, 0.15) is 28.3 Å². The van der Waals surface area contributed by atoms with Gasteiger partial charge >= 0.3 is 11.9 Å². The summed E-state index contributed by atoms with van der Waals surface area (Å²) < 4.78 is 9.95. The molecule has 8 heteroatoms. The Balaban J connectivity index is 1.68. The summed E-state index contributed by atoms with van der Waals surface area (Å²) in [5.74, 6) is -1.79. The third kappa shape index (κ3) is 6.46. The van der Waals surface area contributed by atoms with E-state index in [1.165, 1.54) is 19.2 Å². The minimum Gasteiger partial charge on any atom is -0.481 e. The van der Waals surface area contributed by atoms with Crippen molar-refractivity contribution in [2.75, 3.05) is 7.11 Å². The molecule has 0 radical (unpaired) electrons. The maximum absolute atomic E-state index is 12.5. The molecule has 0 spiro atoms. The number of hydrogen-bond acceptors (Lipinski definition) is 5. The summed E-state index contributed by atoms with van der Waals surface area (Å²) >= 11 is 6.05. The highest BCUT2D eigenvalue weighted by Crippen LogP contribution is 2.23. The fourth-order valence-corrected chi connectivity index (χ4v) is 3.43. The second-order valence-electron chi connectivity index (χ2n) is 7.20. The summed E-state index contributed by atoms with van der Waals surface area (Å²) in [6.45, 7) is 0. The molecule has 0 aliphatic rings. The number of carbonyl (C=O) groups excluding carboxylic acids is 2. The van der Waals surface area contributed by atoms with Gasteiger partial charge in [0, 0.05) is 11.1 Å². The molecule has 1 heterocycles. The number of nitrogens with one attached hydrogen (secondary N) is 1. The molecule has 3 aromatic rings. The van der Waals surface area contributed by atoms with E-state index in [9.17, 15) is 19.5 Å². The van der Waals surface area contributed by atoms with Crippen LogP contribution in [0.25, 0.3) is 11.1 Å². The van der Waals surface area contributed by atoms with Crippen LogP contribution < -0.4 is 5.32 Å². The number of ether oxygens (including phenoxy) is 1. The van der Waals surface area contributed by atoms with E-state index < -0.39 is 23.9 Å². The van der Waals surface area contributed by atoms with E-state index in [-0.39, 0.29) is 24.4 Å². The Hall–Kier alpha value is -3.58. The molecule has 2 aromatic carbocycles. The minimum absolute atomic E-state index is 0.00408. The van der Waals surface area contributed by atoms with Crippen molar-refractivity contribution in [3.63, 3.8) is 0 Å². The van der Waals surface area contributed by atoms with Crippen LogP contribution >= 0.6 is 11.6 Å². The van der Waals surface area contributed by atoms with Crippen molar-refractivity contribution in [2.24, 2.45) is 0 Å². The average Bonchev–Trinajstić information content (AvgIpc) is 3.22. The first kappa shape index (κ1) is 23.1. The van der Waals surface area contributed by atoms with Gasteiger partial charge in [-0.2, -0.15) is 0 Å². The number of rotatable bonds is 9. The lowest BCUT2D eigenvalue weighted by Crippen LogP contribution is -2.38. The Bertz CT molecular complexity index is 1110. The van der Waals surface area contributed by atoms with E-state index >= 15 is 0 Å². The maximum atomic E-state index is 12.5. The molecule has 0 bridgehead atoms. The number of carboxylic acid groups (broad SMARTS) is 1. The van der Waals surface area contributed by atoms with Crippen molar-refractivity contribution in [3.8, 4) is 11.1 Å². The lowest BCUT2D eigenvalue weighted by atomic mass is 9.99. The number of benzene rings is 2. The van der Waals surface area contributed by atoms with E-state index in [1.807, 2.05) is 42.5 Å². The number of methoxy groups -OCH3 is 1. The summed E-state index contributed by atoms with van der Waals surface area (Å²) in [6, 6.07) is 17.4. The van der Waals surface area contributed by atoms with Gasteiger partial charge in [0.15, 0.2) is 5.76 Å². The predicted molar refractivity (Wildman–Crippen MR) is 119 cm³/mol. The summed E-state index contributed by atoms with van der Waals surface area (Å²) in [5.41, 5.74) is 2.82. The van der Waals surface area contributed by atoms with Crippen LogP contribution in [0, 0.1) is 0 Å². The third-order valence-corrected chi connectivity index (χ3v) is 5.02. The van der Waals surface area contributed by atoms with Gasteiger partial charge in [-0.25, -0.2) is 0 Å². The number of carboxylic acids is 1. The summed E-state index contributed by atoms with van der Waals surface area (Å²) in [6.07, 6.45) is -0.0254. The highest BCUT2D eigenvalue weighted by molar-refractivity contribution is 6.30. The monoisotopic (exact) mass is 455 g/mol. The molecule has 0 saturated carbocycles. The van der Waals surface area contributed by atoms with Crippen molar-refractivity contribution >= 4 is 29.4 Å². The molecule has 1 aromatic heterocycles. The third-order valence-electron chi connectivity index (χ3n) is 4.78. The van der Waals surface area contributed by atoms with Crippen LogP contribution in [-0.4, -0.2) is 36.1 Å². The van der Waals surface area contributed by atoms with Gasteiger partial charge in [0.1, 0.15) is 12.2 Å². The van der Waals surface area contributed by atoms with Crippen molar-refractivity contribution < 1.29 is 28.6 Å². The summed E-state index contributed by atoms with van der Waals surface area (Å²) in [5, 5.41) is 12.6. The molecule has 0 saturated heterocycles. The highest BCUT2D eigenvalue weighted by Gasteiger charge is 2.20. The predicted octanol–water partition coefficient (Wildman–Crippen LogP) is 4.13. The van der Waals surface area contributed by atoms with E-state index in [0.717, 1.165) is 16.7 Å². The Labute approximate surface area is 190 Å². The minimum atomic E-state index is -1.03. The molecule has 0 unspecified atom stereocenters. The van der Waals surface area contributed by atoms with Crippen molar-refractivity contribution in [1.82, 2.24) is 5.32 Å². The molecule has 32 heavy (non-hydrogen) atoms. The van der Waals surface area contributed by atoms with Crippen molar-refractivity contribution in [2.45, 2.75) is 25.3 Å². The lowest BCUT2D eigenvalue weighted by Gasteiger charge is -2.16. The van der Waals surface area contributed by atoms with Crippen LogP contribution in [0.3, 0.4) is 0 Å². The summed E-state index contributed by atoms with van der Waals surface area (Å²) in [4.78, 5) is 35.2.